The van der Waals surface area contributed by atoms with Crippen molar-refractivity contribution >= 4 is 27.4 Å². The van der Waals surface area contributed by atoms with E-state index in [4.69, 9.17) is 4.98 Å². The maximum atomic E-state index is 12.9. The van der Waals surface area contributed by atoms with Crippen molar-refractivity contribution in [2.75, 3.05) is 18.1 Å². The molecule has 0 amide bonds. The van der Waals surface area contributed by atoms with Crippen molar-refractivity contribution in [2.24, 2.45) is 0 Å². The fourth-order valence-electron chi connectivity index (χ4n) is 3.49. The van der Waals surface area contributed by atoms with E-state index in [9.17, 15) is 9.90 Å². The predicted molar refractivity (Wildman–Crippen MR) is 99.3 cm³/mol. The van der Waals surface area contributed by atoms with Gasteiger partial charge in [-0.05, 0) is 31.9 Å². The Balaban J connectivity index is 1.87. The number of aliphatic hydroxyl groups is 1. The van der Waals surface area contributed by atoms with Gasteiger partial charge in [-0.2, -0.15) is 0 Å². The molecule has 1 saturated heterocycles. The van der Waals surface area contributed by atoms with E-state index < -0.39 is 0 Å². The first-order chi connectivity index (χ1) is 12.2. The number of aryl methyl sites for hydroxylation is 1. The minimum absolute atomic E-state index is 0.00871. The highest BCUT2D eigenvalue weighted by Crippen LogP contribution is 2.36. The van der Waals surface area contributed by atoms with Crippen molar-refractivity contribution in [1.29, 1.82) is 0 Å². The Morgan fingerprint density at radius 2 is 2.16 bits per heavy atom. The van der Waals surface area contributed by atoms with Crippen molar-refractivity contribution in [3.05, 3.63) is 51.5 Å². The highest BCUT2D eigenvalue weighted by molar-refractivity contribution is 7.13. The van der Waals surface area contributed by atoms with Crippen LogP contribution in [0.15, 0.2) is 34.4 Å². The molecule has 0 bridgehead atoms. The fraction of sp³-hybridized carbons (Fsp3) is 0.389. The number of rotatable bonds is 4. The minimum Gasteiger partial charge on any atom is -0.395 e. The molecule has 1 fully saturated rings. The summed E-state index contributed by atoms with van der Waals surface area (Å²) in [5.41, 5.74) is 1.63. The molecule has 2 aromatic heterocycles. The van der Waals surface area contributed by atoms with Crippen LogP contribution < -0.4 is 10.5 Å². The van der Waals surface area contributed by atoms with Gasteiger partial charge in [0.2, 0.25) is 0 Å². The third-order valence-electron chi connectivity index (χ3n) is 4.62. The second-order valence-electron chi connectivity index (χ2n) is 6.29. The molecule has 0 saturated carbocycles. The first kappa shape index (κ1) is 16.2. The summed E-state index contributed by atoms with van der Waals surface area (Å²) < 4.78 is 1.63. The Hall–Kier alpha value is -2.25. The number of hydrogen-bond donors (Lipinski definition) is 1. The molecule has 1 aromatic carbocycles. The molecular formula is C18H20N4O2S. The molecule has 7 heteroatoms. The Labute approximate surface area is 149 Å². The van der Waals surface area contributed by atoms with E-state index >= 15 is 0 Å². The number of thiazole rings is 1. The lowest BCUT2D eigenvalue weighted by molar-refractivity contribution is 0.270. The van der Waals surface area contributed by atoms with Gasteiger partial charge in [0.25, 0.3) is 5.56 Å². The van der Waals surface area contributed by atoms with Gasteiger partial charge < -0.3 is 10.0 Å². The van der Waals surface area contributed by atoms with Crippen molar-refractivity contribution in [1.82, 2.24) is 14.5 Å². The highest BCUT2D eigenvalue weighted by atomic mass is 32.1. The first-order valence-electron chi connectivity index (χ1n) is 8.48. The van der Waals surface area contributed by atoms with Gasteiger partial charge >= 0.3 is 0 Å². The second-order valence-corrected chi connectivity index (χ2v) is 7.13. The summed E-state index contributed by atoms with van der Waals surface area (Å²) in [5, 5.41) is 13.1. The summed E-state index contributed by atoms with van der Waals surface area (Å²) in [6, 6.07) is 7.41. The molecule has 6 nitrogen and oxygen atoms in total. The van der Waals surface area contributed by atoms with Crippen LogP contribution >= 0.6 is 11.3 Å². The molecule has 4 rings (SSSR count). The van der Waals surface area contributed by atoms with Gasteiger partial charge in [-0.1, -0.05) is 12.1 Å². The number of fused-ring (bicyclic) bond motifs is 1. The van der Waals surface area contributed by atoms with Crippen LogP contribution in [0, 0.1) is 6.92 Å². The molecule has 25 heavy (non-hydrogen) atoms. The standard InChI is InChI=1S/C18H20N4O2S/c1-12-11-25-18(19-12)21-8-4-7-15(21)16-20-14-6-3-2-5-13(14)17(24)22(16)9-10-23/h2-3,5-6,11,15,23H,4,7-10H2,1H3. The van der Waals surface area contributed by atoms with Crippen LogP contribution in [0.3, 0.4) is 0 Å². The first-order valence-corrected chi connectivity index (χ1v) is 9.36. The Morgan fingerprint density at radius 3 is 2.92 bits per heavy atom. The van der Waals surface area contributed by atoms with E-state index in [1.165, 1.54) is 0 Å². The number of benzene rings is 1. The van der Waals surface area contributed by atoms with Gasteiger partial charge in [-0.3, -0.25) is 9.36 Å². The van der Waals surface area contributed by atoms with E-state index in [0.717, 1.165) is 36.0 Å². The Bertz CT molecular complexity index is 965. The zero-order valence-corrected chi connectivity index (χ0v) is 14.9. The summed E-state index contributed by atoms with van der Waals surface area (Å²) in [6.07, 6.45) is 1.96. The van der Waals surface area contributed by atoms with Crippen molar-refractivity contribution in [3.8, 4) is 0 Å². The molecule has 1 unspecified atom stereocenters. The molecule has 1 atom stereocenters. The number of aromatic nitrogens is 3. The van der Waals surface area contributed by atoms with Crippen LogP contribution in [0.4, 0.5) is 5.13 Å². The lowest BCUT2D eigenvalue weighted by atomic mass is 10.1. The summed E-state index contributed by atoms with van der Waals surface area (Å²) >= 11 is 1.62. The predicted octanol–water partition coefficient (Wildman–Crippen LogP) is 2.50. The molecule has 1 N–H and O–H groups in total. The van der Waals surface area contributed by atoms with Crippen molar-refractivity contribution in [3.63, 3.8) is 0 Å². The van der Waals surface area contributed by atoms with E-state index in [1.807, 2.05) is 30.5 Å². The molecule has 0 spiro atoms. The normalized spacial score (nSPS) is 17.5. The largest absolute Gasteiger partial charge is 0.395 e. The molecule has 3 aromatic rings. The summed E-state index contributed by atoms with van der Waals surface area (Å²) in [7, 11) is 0. The maximum absolute atomic E-state index is 12.9. The van der Waals surface area contributed by atoms with E-state index in [1.54, 1.807) is 22.0 Å². The summed E-state index contributed by atoms with van der Waals surface area (Å²) in [4.78, 5) is 24.6. The highest BCUT2D eigenvalue weighted by Gasteiger charge is 2.32. The number of aliphatic hydroxyl groups excluding tert-OH is 1. The number of hydrogen-bond acceptors (Lipinski definition) is 6. The zero-order chi connectivity index (χ0) is 17.4. The molecule has 130 valence electrons. The van der Waals surface area contributed by atoms with Crippen LogP contribution in [-0.4, -0.2) is 32.8 Å². The number of anilines is 1. The van der Waals surface area contributed by atoms with Gasteiger partial charge in [0.15, 0.2) is 5.13 Å². The third kappa shape index (κ3) is 2.83. The van der Waals surface area contributed by atoms with E-state index in [0.29, 0.717) is 10.9 Å². The quantitative estimate of drug-likeness (QED) is 0.778. The summed E-state index contributed by atoms with van der Waals surface area (Å²) in [6.45, 7) is 3.06. The van der Waals surface area contributed by atoms with Crippen LogP contribution in [0.1, 0.15) is 30.4 Å². The van der Waals surface area contributed by atoms with Crippen molar-refractivity contribution in [2.45, 2.75) is 32.4 Å². The Kier molecular flexibility index (Phi) is 4.27. The molecule has 0 aliphatic carbocycles. The molecule has 1 aliphatic heterocycles. The zero-order valence-electron chi connectivity index (χ0n) is 14.1. The van der Waals surface area contributed by atoms with Gasteiger partial charge in [0, 0.05) is 11.9 Å². The van der Waals surface area contributed by atoms with E-state index in [2.05, 4.69) is 9.88 Å². The number of para-hydroxylation sites is 1. The van der Waals surface area contributed by atoms with Crippen LogP contribution in [0.25, 0.3) is 10.9 Å². The summed E-state index contributed by atoms with van der Waals surface area (Å²) in [5.74, 6) is 0.725. The monoisotopic (exact) mass is 356 g/mol. The second kappa shape index (κ2) is 6.57. The SMILES string of the molecule is Cc1csc(N2CCCC2c2nc3ccccc3c(=O)n2CCO)n1. The lowest BCUT2D eigenvalue weighted by Crippen LogP contribution is -2.33. The molecule has 1 aliphatic rings. The van der Waals surface area contributed by atoms with Crippen LogP contribution in [-0.2, 0) is 6.54 Å². The molecular weight excluding hydrogens is 336 g/mol. The average molecular weight is 356 g/mol. The number of nitrogens with zero attached hydrogens (tertiary/aromatic N) is 4. The molecule has 0 radical (unpaired) electrons. The third-order valence-corrected chi connectivity index (χ3v) is 5.61. The van der Waals surface area contributed by atoms with Gasteiger partial charge in [-0.15, -0.1) is 11.3 Å². The minimum atomic E-state index is -0.0873. The van der Waals surface area contributed by atoms with E-state index in [-0.39, 0.29) is 24.8 Å². The van der Waals surface area contributed by atoms with Crippen LogP contribution in [0.5, 0.6) is 0 Å². The smallest absolute Gasteiger partial charge is 0.261 e. The Morgan fingerprint density at radius 1 is 1.32 bits per heavy atom. The maximum Gasteiger partial charge on any atom is 0.261 e. The lowest BCUT2D eigenvalue weighted by Gasteiger charge is -2.26. The topological polar surface area (TPSA) is 71.2 Å². The van der Waals surface area contributed by atoms with Gasteiger partial charge in [0.05, 0.1) is 35.8 Å². The average Bonchev–Trinajstić information content (AvgIpc) is 3.26. The van der Waals surface area contributed by atoms with Gasteiger partial charge in [-0.25, -0.2) is 9.97 Å². The fourth-order valence-corrected chi connectivity index (χ4v) is 4.37. The molecule has 3 heterocycles. The van der Waals surface area contributed by atoms with Crippen molar-refractivity contribution < 1.29 is 5.11 Å². The van der Waals surface area contributed by atoms with Crippen LogP contribution in [0.2, 0.25) is 0 Å². The van der Waals surface area contributed by atoms with Gasteiger partial charge in [0.1, 0.15) is 5.82 Å².